The molecule has 0 spiro atoms. The minimum atomic E-state index is -0.240. The molecular weight excluding hydrogens is 275 g/mol. The molecule has 0 bridgehead atoms. The van der Waals surface area contributed by atoms with Crippen molar-refractivity contribution < 1.29 is 9.53 Å². The van der Waals surface area contributed by atoms with Gasteiger partial charge in [0.15, 0.2) is 10.3 Å². The van der Waals surface area contributed by atoms with Gasteiger partial charge in [0, 0.05) is 6.42 Å². The second-order valence-electron chi connectivity index (χ2n) is 3.70. The Bertz CT molecular complexity index is 602. The zero-order valence-corrected chi connectivity index (χ0v) is 11.1. The van der Waals surface area contributed by atoms with Crippen LogP contribution in [0.3, 0.4) is 0 Å². The van der Waals surface area contributed by atoms with Gasteiger partial charge in [-0.3, -0.25) is 4.79 Å². The average Bonchev–Trinajstić information content (AvgIpc) is 2.37. The first-order valence-corrected chi connectivity index (χ1v) is 6.04. The van der Waals surface area contributed by atoms with E-state index < -0.39 is 0 Å². The molecular formula is C12H10Cl2N2O2. The second-order valence-corrected chi connectivity index (χ2v) is 4.42. The van der Waals surface area contributed by atoms with E-state index in [1.54, 1.807) is 6.07 Å². The number of hydrogen-bond acceptors (Lipinski definition) is 4. The van der Waals surface area contributed by atoms with E-state index in [1.807, 2.05) is 12.1 Å². The van der Waals surface area contributed by atoms with Gasteiger partial charge in [0.1, 0.15) is 0 Å². The van der Waals surface area contributed by atoms with E-state index in [0.717, 1.165) is 5.56 Å². The van der Waals surface area contributed by atoms with E-state index in [1.165, 1.54) is 7.11 Å². The average molecular weight is 285 g/mol. The third kappa shape index (κ3) is 2.89. The molecule has 0 atom stereocenters. The van der Waals surface area contributed by atoms with Crippen LogP contribution < -0.4 is 0 Å². The van der Waals surface area contributed by atoms with Crippen molar-refractivity contribution in [2.75, 3.05) is 7.11 Å². The van der Waals surface area contributed by atoms with Crippen molar-refractivity contribution in [1.82, 2.24) is 9.97 Å². The maximum Gasteiger partial charge on any atom is 0.305 e. The van der Waals surface area contributed by atoms with E-state index in [4.69, 9.17) is 23.2 Å². The Hall–Kier alpha value is -1.39. The highest BCUT2D eigenvalue weighted by Gasteiger charge is 2.06. The number of ether oxygens (including phenoxy) is 1. The van der Waals surface area contributed by atoms with Crippen molar-refractivity contribution in [3.8, 4) is 0 Å². The number of aryl methyl sites for hydroxylation is 1. The van der Waals surface area contributed by atoms with Gasteiger partial charge in [-0.1, -0.05) is 29.3 Å². The first-order valence-electron chi connectivity index (χ1n) is 5.28. The van der Waals surface area contributed by atoms with Crippen molar-refractivity contribution in [3.05, 3.63) is 34.1 Å². The van der Waals surface area contributed by atoms with Crippen LogP contribution in [0.2, 0.25) is 10.3 Å². The van der Waals surface area contributed by atoms with Gasteiger partial charge in [0.2, 0.25) is 0 Å². The molecule has 0 unspecified atom stereocenters. The van der Waals surface area contributed by atoms with Gasteiger partial charge in [0.25, 0.3) is 0 Å². The number of benzene rings is 1. The number of hydrogen-bond donors (Lipinski definition) is 0. The van der Waals surface area contributed by atoms with Crippen molar-refractivity contribution >= 4 is 40.2 Å². The molecule has 1 heterocycles. The number of halogens is 2. The molecule has 2 rings (SSSR count). The zero-order valence-electron chi connectivity index (χ0n) is 9.61. The molecule has 6 heteroatoms. The van der Waals surface area contributed by atoms with Crippen LogP contribution in [0.15, 0.2) is 18.2 Å². The number of fused-ring (bicyclic) bond motifs is 1. The highest BCUT2D eigenvalue weighted by molar-refractivity contribution is 6.40. The van der Waals surface area contributed by atoms with Gasteiger partial charge in [-0.15, -0.1) is 0 Å². The summed E-state index contributed by atoms with van der Waals surface area (Å²) in [7, 11) is 1.37. The topological polar surface area (TPSA) is 52.1 Å². The molecule has 4 nitrogen and oxygen atoms in total. The molecule has 0 amide bonds. The third-order valence-corrected chi connectivity index (χ3v) is 3.12. The lowest BCUT2D eigenvalue weighted by molar-refractivity contribution is -0.140. The van der Waals surface area contributed by atoms with Gasteiger partial charge >= 0.3 is 5.97 Å². The maximum absolute atomic E-state index is 11.1. The molecule has 0 saturated carbocycles. The van der Waals surface area contributed by atoms with Crippen LogP contribution in [0.1, 0.15) is 12.0 Å². The quantitative estimate of drug-likeness (QED) is 0.813. The van der Waals surface area contributed by atoms with Crippen LogP contribution >= 0.6 is 23.2 Å². The molecule has 18 heavy (non-hydrogen) atoms. The van der Waals surface area contributed by atoms with Crippen LogP contribution in [0.5, 0.6) is 0 Å². The highest BCUT2D eigenvalue weighted by atomic mass is 35.5. The van der Waals surface area contributed by atoms with Crippen LogP contribution in [0, 0.1) is 0 Å². The number of nitrogens with zero attached hydrogens (tertiary/aromatic N) is 2. The summed E-state index contributed by atoms with van der Waals surface area (Å²) in [4.78, 5) is 19.3. The summed E-state index contributed by atoms with van der Waals surface area (Å²) in [6.45, 7) is 0. The van der Waals surface area contributed by atoms with Crippen molar-refractivity contribution in [1.29, 1.82) is 0 Å². The summed E-state index contributed by atoms with van der Waals surface area (Å²) >= 11 is 11.6. The standard InChI is InChI=1S/C12H10Cl2N2O2/c1-18-10(17)5-3-7-2-4-8-9(6-7)16-12(14)11(13)15-8/h2,4,6H,3,5H2,1H3. The molecule has 94 valence electrons. The van der Waals surface area contributed by atoms with E-state index in [9.17, 15) is 4.79 Å². The Labute approximate surface area is 114 Å². The van der Waals surface area contributed by atoms with Crippen molar-refractivity contribution in [3.63, 3.8) is 0 Å². The number of aromatic nitrogens is 2. The zero-order chi connectivity index (χ0) is 13.1. The second kappa shape index (κ2) is 5.50. The van der Waals surface area contributed by atoms with E-state index >= 15 is 0 Å². The lowest BCUT2D eigenvalue weighted by atomic mass is 10.1. The summed E-state index contributed by atoms with van der Waals surface area (Å²) in [5.41, 5.74) is 2.30. The molecule has 2 aromatic rings. The van der Waals surface area contributed by atoms with Gasteiger partial charge in [-0.25, -0.2) is 9.97 Å². The summed E-state index contributed by atoms with van der Waals surface area (Å²) in [6.07, 6.45) is 0.918. The largest absolute Gasteiger partial charge is 0.469 e. The number of carbonyl (C=O) groups is 1. The first-order chi connectivity index (χ1) is 8.60. The lowest BCUT2D eigenvalue weighted by Crippen LogP contribution is -2.02. The fourth-order valence-electron chi connectivity index (χ4n) is 1.56. The maximum atomic E-state index is 11.1. The van der Waals surface area contributed by atoms with E-state index in [-0.39, 0.29) is 16.3 Å². The lowest BCUT2D eigenvalue weighted by Gasteiger charge is -2.03. The smallest absolute Gasteiger partial charge is 0.305 e. The molecule has 0 fully saturated rings. The Morgan fingerprint density at radius 3 is 2.56 bits per heavy atom. The van der Waals surface area contributed by atoms with Crippen molar-refractivity contribution in [2.45, 2.75) is 12.8 Å². The minimum absolute atomic E-state index is 0.175. The van der Waals surface area contributed by atoms with Crippen LogP contribution in [0.25, 0.3) is 11.0 Å². The number of rotatable bonds is 3. The monoisotopic (exact) mass is 284 g/mol. The first kappa shape index (κ1) is 13.1. The van der Waals surface area contributed by atoms with Crippen LogP contribution in [-0.4, -0.2) is 23.0 Å². The Balaban J connectivity index is 2.27. The molecule has 0 radical (unpaired) electrons. The number of esters is 1. The van der Waals surface area contributed by atoms with Gasteiger partial charge in [-0.2, -0.15) is 0 Å². The Morgan fingerprint density at radius 2 is 1.89 bits per heavy atom. The predicted octanol–water partition coefficient (Wildman–Crippen LogP) is 3.04. The number of methoxy groups -OCH3 is 1. The molecule has 1 aromatic carbocycles. The summed E-state index contributed by atoms with van der Waals surface area (Å²) < 4.78 is 4.59. The fourth-order valence-corrected chi connectivity index (χ4v) is 1.83. The summed E-state index contributed by atoms with van der Waals surface area (Å²) in [5, 5.41) is 0.362. The molecule has 0 saturated heterocycles. The van der Waals surface area contributed by atoms with Crippen LogP contribution in [-0.2, 0) is 16.0 Å². The predicted molar refractivity (Wildman–Crippen MR) is 69.9 cm³/mol. The molecule has 0 aliphatic rings. The van der Waals surface area contributed by atoms with E-state index in [2.05, 4.69) is 14.7 Å². The minimum Gasteiger partial charge on any atom is -0.469 e. The highest BCUT2D eigenvalue weighted by Crippen LogP contribution is 2.22. The Kier molecular flexibility index (Phi) is 3.99. The Morgan fingerprint density at radius 1 is 1.22 bits per heavy atom. The summed E-state index contributed by atoms with van der Waals surface area (Å²) in [5.74, 6) is -0.240. The third-order valence-electron chi connectivity index (χ3n) is 2.49. The summed E-state index contributed by atoms with van der Waals surface area (Å²) in [6, 6.07) is 5.52. The van der Waals surface area contributed by atoms with Crippen LogP contribution in [0.4, 0.5) is 0 Å². The SMILES string of the molecule is COC(=O)CCc1ccc2nc(Cl)c(Cl)nc2c1. The molecule has 1 aromatic heterocycles. The number of carbonyl (C=O) groups excluding carboxylic acids is 1. The van der Waals surface area contributed by atoms with Gasteiger partial charge < -0.3 is 4.74 Å². The van der Waals surface area contributed by atoms with E-state index in [0.29, 0.717) is 23.9 Å². The molecule has 0 N–H and O–H groups in total. The molecule has 0 aliphatic heterocycles. The van der Waals surface area contributed by atoms with Gasteiger partial charge in [0.05, 0.1) is 18.1 Å². The van der Waals surface area contributed by atoms with Crippen molar-refractivity contribution in [2.24, 2.45) is 0 Å². The fraction of sp³-hybridized carbons (Fsp3) is 0.250. The normalized spacial score (nSPS) is 10.6. The van der Waals surface area contributed by atoms with Gasteiger partial charge in [-0.05, 0) is 24.1 Å². The molecule has 0 aliphatic carbocycles.